The minimum Gasteiger partial charge on any atom is -0.395 e. The molecular weight excluding hydrogens is 192 g/mol. The Balaban J connectivity index is 0. The Kier molecular flexibility index (Phi) is 11.0. The first kappa shape index (κ1) is 15.0. The van der Waals surface area contributed by atoms with Crippen LogP contribution in [0.3, 0.4) is 0 Å². The van der Waals surface area contributed by atoms with Crippen LogP contribution in [0.2, 0.25) is 0 Å². The van der Waals surface area contributed by atoms with Gasteiger partial charge in [0.25, 0.3) is 0 Å². The molecule has 0 saturated heterocycles. The van der Waals surface area contributed by atoms with E-state index in [0.29, 0.717) is 5.96 Å². The maximum Gasteiger partial charge on any atom is 0.188 e. The van der Waals surface area contributed by atoms with E-state index in [9.17, 15) is 0 Å². The van der Waals surface area contributed by atoms with Gasteiger partial charge in [-0.1, -0.05) is 0 Å². The second-order valence-corrected chi connectivity index (χ2v) is 2.62. The van der Waals surface area contributed by atoms with Gasteiger partial charge in [0.2, 0.25) is 0 Å². The predicted molar refractivity (Wildman–Crippen MR) is 57.1 cm³/mol. The van der Waals surface area contributed by atoms with Gasteiger partial charge in [0.15, 0.2) is 5.96 Å². The van der Waals surface area contributed by atoms with Gasteiger partial charge in [-0.2, -0.15) is 0 Å². The van der Waals surface area contributed by atoms with Crippen molar-refractivity contribution >= 4 is 18.4 Å². The fourth-order valence-corrected chi connectivity index (χ4v) is 0.751. The highest BCUT2D eigenvalue weighted by atomic mass is 35.5. The van der Waals surface area contributed by atoms with Crippen molar-refractivity contribution in [3.63, 3.8) is 0 Å². The average Bonchev–Trinajstić information content (AvgIpc) is 2.11. The van der Waals surface area contributed by atoms with E-state index in [2.05, 4.69) is 10.3 Å². The summed E-state index contributed by atoms with van der Waals surface area (Å²) in [5.41, 5.74) is 10.9. The number of aliphatic hydroxyl groups is 1. The summed E-state index contributed by atoms with van der Waals surface area (Å²) in [4.78, 5) is 3.73. The summed E-state index contributed by atoms with van der Waals surface area (Å²) in [7, 11) is 1.63. The maximum atomic E-state index is 8.60. The van der Waals surface area contributed by atoms with Crippen LogP contribution in [0.15, 0.2) is 4.99 Å². The predicted octanol–water partition coefficient (Wildman–Crippen LogP) is -0.958. The Hall–Kier alpha value is -0.520. The van der Waals surface area contributed by atoms with Crippen LogP contribution in [0.5, 0.6) is 0 Å². The molecule has 1 atom stereocenters. The zero-order chi connectivity index (χ0) is 9.40. The van der Waals surface area contributed by atoms with Crippen molar-refractivity contribution in [2.75, 3.05) is 20.2 Å². The minimum absolute atomic E-state index is 0. The molecule has 0 aliphatic heterocycles. The maximum absolute atomic E-state index is 8.60. The van der Waals surface area contributed by atoms with Gasteiger partial charge < -0.3 is 21.9 Å². The highest BCUT2D eigenvalue weighted by Crippen LogP contribution is 1.90. The Labute approximate surface area is 85.0 Å². The Bertz CT molecular complexity index is 142. The molecule has 0 unspecified atom stereocenters. The summed E-state index contributed by atoms with van der Waals surface area (Å²) < 4.78 is 0. The van der Waals surface area contributed by atoms with E-state index in [1.165, 1.54) is 0 Å². The van der Waals surface area contributed by atoms with Gasteiger partial charge in [0.1, 0.15) is 0 Å². The lowest BCUT2D eigenvalue weighted by atomic mass is 10.2. The van der Waals surface area contributed by atoms with Gasteiger partial charge in [-0.3, -0.25) is 4.99 Å². The number of halogens is 1. The molecule has 0 aliphatic rings. The number of hydrogen-bond donors (Lipinski definition) is 4. The van der Waals surface area contributed by atoms with Gasteiger partial charge in [0, 0.05) is 19.6 Å². The largest absolute Gasteiger partial charge is 0.395 e. The second kappa shape index (κ2) is 9.57. The van der Waals surface area contributed by atoms with E-state index < -0.39 is 0 Å². The smallest absolute Gasteiger partial charge is 0.188 e. The molecule has 0 aromatic rings. The van der Waals surface area contributed by atoms with Gasteiger partial charge in [-0.05, 0) is 12.8 Å². The van der Waals surface area contributed by atoms with Crippen LogP contribution in [-0.2, 0) is 0 Å². The van der Waals surface area contributed by atoms with Crippen molar-refractivity contribution in [3.05, 3.63) is 0 Å². The number of hydrogen-bond acceptors (Lipinski definition) is 3. The number of aliphatic hydroxyl groups excluding tert-OH is 1. The number of aliphatic imine (C=N–C) groups is 1. The van der Waals surface area contributed by atoms with E-state index in [1.54, 1.807) is 7.05 Å². The molecule has 5 nitrogen and oxygen atoms in total. The molecule has 0 aromatic carbocycles. The first-order valence-corrected chi connectivity index (χ1v) is 4.03. The molecular formula is C7H19ClN4O. The van der Waals surface area contributed by atoms with Crippen LogP contribution in [0.1, 0.15) is 12.8 Å². The second-order valence-electron chi connectivity index (χ2n) is 2.62. The fraction of sp³-hybridized carbons (Fsp3) is 0.857. The molecule has 0 bridgehead atoms. The van der Waals surface area contributed by atoms with Crippen LogP contribution < -0.4 is 16.8 Å². The van der Waals surface area contributed by atoms with Crippen molar-refractivity contribution in [3.8, 4) is 0 Å². The third-order valence-corrected chi connectivity index (χ3v) is 1.53. The average molecular weight is 211 g/mol. The monoisotopic (exact) mass is 210 g/mol. The van der Waals surface area contributed by atoms with Crippen molar-refractivity contribution < 1.29 is 5.11 Å². The Morgan fingerprint density at radius 2 is 2.23 bits per heavy atom. The Morgan fingerprint density at radius 3 is 2.69 bits per heavy atom. The van der Waals surface area contributed by atoms with Crippen LogP contribution >= 0.6 is 12.4 Å². The van der Waals surface area contributed by atoms with Crippen molar-refractivity contribution in [1.82, 2.24) is 5.32 Å². The lowest BCUT2D eigenvalue weighted by Crippen LogP contribution is -2.33. The highest BCUT2D eigenvalue weighted by molar-refractivity contribution is 5.85. The Morgan fingerprint density at radius 1 is 1.62 bits per heavy atom. The first-order valence-electron chi connectivity index (χ1n) is 4.03. The van der Waals surface area contributed by atoms with Crippen LogP contribution in [0.25, 0.3) is 0 Å². The molecule has 0 amide bonds. The summed E-state index contributed by atoms with van der Waals surface area (Å²) in [6, 6.07) is -0.119. The SMILES string of the molecule is CN=C(N)NCCC[C@H](N)CO.Cl. The van der Waals surface area contributed by atoms with Crippen molar-refractivity contribution in [2.24, 2.45) is 16.5 Å². The highest BCUT2D eigenvalue weighted by Gasteiger charge is 1.98. The van der Waals surface area contributed by atoms with Gasteiger partial charge in [0.05, 0.1) is 6.61 Å². The topological polar surface area (TPSA) is 96.7 Å². The van der Waals surface area contributed by atoms with Crippen LogP contribution in [0.4, 0.5) is 0 Å². The zero-order valence-corrected chi connectivity index (χ0v) is 8.68. The fourth-order valence-electron chi connectivity index (χ4n) is 0.751. The molecule has 0 saturated carbocycles. The molecule has 0 aliphatic carbocycles. The molecule has 80 valence electrons. The number of guanidine groups is 1. The summed E-state index contributed by atoms with van der Waals surface area (Å²) in [5, 5.41) is 11.5. The number of rotatable bonds is 5. The third-order valence-electron chi connectivity index (χ3n) is 1.53. The molecule has 6 N–H and O–H groups in total. The van der Waals surface area contributed by atoms with Crippen LogP contribution in [-0.4, -0.2) is 37.3 Å². The van der Waals surface area contributed by atoms with Crippen molar-refractivity contribution in [2.45, 2.75) is 18.9 Å². The molecule has 0 aromatic heterocycles. The molecule has 0 fully saturated rings. The van der Waals surface area contributed by atoms with Crippen molar-refractivity contribution in [1.29, 1.82) is 0 Å². The molecule has 0 heterocycles. The number of nitrogens with two attached hydrogens (primary N) is 2. The lowest BCUT2D eigenvalue weighted by Gasteiger charge is -2.08. The quantitative estimate of drug-likeness (QED) is 0.267. The lowest BCUT2D eigenvalue weighted by molar-refractivity contribution is 0.258. The van der Waals surface area contributed by atoms with Crippen LogP contribution in [0, 0.1) is 0 Å². The van der Waals surface area contributed by atoms with E-state index in [1.807, 2.05) is 0 Å². The van der Waals surface area contributed by atoms with E-state index >= 15 is 0 Å². The summed E-state index contributed by atoms with van der Waals surface area (Å²) in [6.07, 6.45) is 1.68. The summed E-state index contributed by atoms with van der Waals surface area (Å²) >= 11 is 0. The third kappa shape index (κ3) is 9.39. The van der Waals surface area contributed by atoms with Gasteiger partial charge >= 0.3 is 0 Å². The van der Waals surface area contributed by atoms with E-state index in [-0.39, 0.29) is 25.1 Å². The van der Waals surface area contributed by atoms with E-state index in [0.717, 1.165) is 19.4 Å². The summed E-state index contributed by atoms with van der Waals surface area (Å²) in [6.45, 7) is 0.786. The molecule has 0 rings (SSSR count). The summed E-state index contributed by atoms with van der Waals surface area (Å²) in [5.74, 6) is 0.438. The number of nitrogens with zero attached hydrogens (tertiary/aromatic N) is 1. The standard InChI is InChI=1S/C7H18N4O.ClH/c1-10-7(9)11-4-2-3-6(8)5-12;/h6,12H,2-5,8H2,1H3,(H3,9,10,11);1H/t6-;/m0./s1. The van der Waals surface area contributed by atoms with Gasteiger partial charge in [-0.25, -0.2) is 0 Å². The zero-order valence-electron chi connectivity index (χ0n) is 7.86. The van der Waals surface area contributed by atoms with Gasteiger partial charge in [-0.15, -0.1) is 12.4 Å². The molecule has 13 heavy (non-hydrogen) atoms. The molecule has 0 radical (unpaired) electrons. The molecule has 0 spiro atoms. The molecule has 6 heteroatoms. The normalized spacial score (nSPS) is 13.3. The minimum atomic E-state index is -0.119. The number of nitrogens with one attached hydrogen (secondary N) is 1. The first-order chi connectivity index (χ1) is 5.70. The van der Waals surface area contributed by atoms with E-state index in [4.69, 9.17) is 16.6 Å².